The van der Waals surface area contributed by atoms with E-state index in [1.54, 1.807) is 0 Å². The van der Waals surface area contributed by atoms with E-state index in [-0.39, 0.29) is 5.54 Å². The van der Waals surface area contributed by atoms with Gasteiger partial charge < -0.3 is 10.6 Å². The van der Waals surface area contributed by atoms with Gasteiger partial charge >= 0.3 is 0 Å². The summed E-state index contributed by atoms with van der Waals surface area (Å²) in [6.07, 6.45) is 6.34. The third-order valence-corrected chi connectivity index (χ3v) is 3.83. The van der Waals surface area contributed by atoms with Crippen molar-refractivity contribution in [3.05, 3.63) is 0 Å². The summed E-state index contributed by atoms with van der Waals surface area (Å²) in [4.78, 5) is 4.86. The van der Waals surface area contributed by atoms with Gasteiger partial charge in [-0.3, -0.25) is 4.90 Å². The average molecular weight is 257 g/mol. The van der Waals surface area contributed by atoms with Gasteiger partial charge in [-0.15, -0.1) is 0 Å². The summed E-state index contributed by atoms with van der Waals surface area (Å²) in [5.41, 5.74) is 6.25. The fourth-order valence-electron chi connectivity index (χ4n) is 2.39. The van der Waals surface area contributed by atoms with Crippen molar-refractivity contribution in [2.45, 2.75) is 58.4 Å². The average Bonchev–Trinajstić information content (AvgIpc) is 2.34. The Morgan fingerprint density at radius 2 is 1.61 bits per heavy atom. The van der Waals surface area contributed by atoms with E-state index >= 15 is 0 Å². The van der Waals surface area contributed by atoms with E-state index in [0.29, 0.717) is 0 Å². The van der Waals surface area contributed by atoms with Crippen LogP contribution >= 0.6 is 0 Å². The van der Waals surface area contributed by atoms with E-state index in [9.17, 15) is 0 Å². The van der Waals surface area contributed by atoms with E-state index in [1.165, 1.54) is 32.1 Å². The van der Waals surface area contributed by atoms with Crippen molar-refractivity contribution in [2.24, 2.45) is 5.73 Å². The number of hydrogen-bond donors (Lipinski definition) is 1. The molecule has 3 heteroatoms. The number of rotatable bonds is 11. The van der Waals surface area contributed by atoms with Crippen molar-refractivity contribution >= 4 is 0 Å². The van der Waals surface area contributed by atoms with Crippen LogP contribution in [0, 0.1) is 0 Å². The molecule has 0 saturated heterocycles. The second kappa shape index (κ2) is 9.76. The zero-order chi connectivity index (χ0) is 14.0. The Labute approximate surface area is 115 Å². The lowest BCUT2D eigenvalue weighted by atomic mass is 9.92. The van der Waals surface area contributed by atoms with Gasteiger partial charge in [-0.2, -0.15) is 0 Å². The van der Waals surface area contributed by atoms with Crippen molar-refractivity contribution in [2.75, 3.05) is 40.3 Å². The Morgan fingerprint density at radius 1 is 0.944 bits per heavy atom. The molecule has 0 aliphatic carbocycles. The van der Waals surface area contributed by atoms with Gasteiger partial charge in [0.2, 0.25) is 0 Å². The maximum atomic E-state index is 6.07. The zero-order valence-electron chi connectivity index (χ0n) is 13.3. The molecular formula is C15H35N3. The lowest BCUT2D eigenvalue weighted by Crippen LogP contribution is -2.53. The number of nitrogens with two attached hydrogens (primary N) is 1. The first-order chi connectivity index (χ1) is 8.50. The molecule has 0 aromatic heterocycles. The predicted molar refractivity (Wildman–Crippen MR) is 82.0 cm³/mol. The summed E-state index contributed by atoms with van der Waals surface area (Å²) < 4.78 is 0. The highest BCUT2D eigenvalue weighted by Crippen LogP contribution is 2.22. The minimum Gasteiger partial charge on any atom is -0.329 e. The SMILES string of the molecule is CCCCCC(C)(CN)N(CCC)CCN(C)C. The lowest BCUT2D eigenvalue weighted by Gasteiger charge is -2.41. The van der Waals surface area contributed by atoms with Crippen molar-refractivity contribution in [3.63, 3.8) is 0 Å². The first-order valence-electron chi connectivity index (χ1n) is 7.60. The fourth-order valence-corrected chi connectivity index (χ4v) is 2.39. The molecule has 0 radical (unpaired) electrons. The smallest absolute Gasteiger partial charge is 0.0304 e. The van der Waals surface area contributed by atoms with Crippen LogP contribution in [0.25, 0.3) is 0 Å². The molecule has 3 nitrogen and oxygen atoms in total. The van der Waals surface area contributed by atoms with Gasteiger partial charge in [-0.25, -0.2) is 0 Å². The zero-order valence-corrected chi connectivity index (χ0v) is 13.3. The normalized spacial score (nSPS) is 15.3. The van der Waals surface area contributed by atoms with Gasteiger partial charge in [-0.1, -0.05) is 33.1 Å². The van der Waals surface area contributed by atoms with Crippen LogP contribution in [0.3, 0.4) is 0 Å². The topological polar surface area (TPSA) is 32.5 Å². The van der Waals surface area contributed by atoms with Crippen molar-refractivity contribution in [1.29, 1.82) is 0 Å². The monoisotopic (exact) mass is 257 g/mol. The summed E-state index contributed by atoms with van der Waals surface area (Å²) in [5.74, 6) is 0. The summed E-state index contributed by atoms with van der Waals surface area (Å²) in [6, 6.07) is 0. The molecule has 0 heterocycles. The summed E-state index contributed by atoms with van der Waals surface area (Å²) in [6.45, 7) is 11.0. The fraction of sp³-hybridized carbons (Fsp3) is 1.00. The van der Waals surface area contributed by atoms with E-state index in [2.05, 4.69) is 44.7 Å². The van der Waals surface area contributed by atoms with Gasteiger partial charge in [-0.05, 0) is 40.4 Å². The molecule has 0 saturated carbocycles. The van der Waals surface area contributed by atoms with Crippen LogP contribution in [0.15, 0.2) is 0 Å². The standard InChI is InChI=1S/C15H35N3/c1-6-8-9-10-15(3,14-16)18(11-7-2)13-12-17(4)5/h6-14,16H2,1-5H3. The van der Waals surface area contributed by atoms with Crippen LogP contribution in [0.5, 0.6) is 0 Å². The van der Waals surface area contributed by atoms with E-state index in [1.807, 2.05) is 0 Å². The highest BCUT2D eigenvalue weighted by atomic mass is 15.2. The molecule has 0 spiro atoms. The van der Waals surface area contributed by atoms with Gasteiger partial charge in [0.25, 0.3) is 0 Å². The third kappa shape index (κ3) is 6.72. The maximum Gasteiger partial charge on any atom is 0.0304 e. The van der Waals surface area contributed by atoms with Crippen LogP contribution in [0.4, 0.5) is 0 Å². The highest BCUT2D eigenvalue weighted by Gasteiger charge is 2.28. The quantitative estimate of drug-likeness (QED) is 0.577. The molecule has 18 heavy (non-hydrogen) atoms. The van der Waals surface area contributed by atoms with Crippen LogP contribution in [0.1, 0.15) is 52.9 Å². The molecule has 0 aliphatic rings. The Balaban J connectivity index is 4.45. The molecule has 0 aromatic carbocycles. The second-order valence-electron chi connectivity index (χ2n) is 5.95. The van der Waals surface area contributed by atoms with E-state index < -0.39 is 0 Å². The van der Waals surface area contributed by atoms with Crippen molar-refractivity contribution in [3.8, 4) is 0 Å². The lowest BCUT2D eigenvalue weighted by molar-refractivity contribution is 0.0900. The first-order valence-corrected chi connectivity index (χ1v) is 7.60. The maximum absolute atomic E-state index is 6.07. The molecule has 0 aliphatic heterocycles. The first kappa shape index (κ1) is 17.9. The molecule has 0 amide bonds. The van der Waals surface area contributed by atoms with Crippen LogP contribution in [-0.4, -0.2) is 55.6 Å². The van der Waals surface area contributed by atoms with Gasteiger partial charge in [0.1, 0.15) is 0 Å². The van der Waals surface area contributed by atoms with E-state index in [4.69, 9.17) is 5.73 Å². The summed E-state index contributed by atoms with van der Waals surface area (Å²) >= 11 is 0. The minimum absolute atomic E-state index is 0.182. The molecular weight excluding hydrogens is 222 g/mol. The third-order valence-electron chi connectivity index (χ3n) is 3.83. The molecule has 1 unspecified atom stereocenters. The van der Waals surface area contributed by atoms with Gasteiger partial charge in [0.15, 0.2) is 0 Å². The summed E-state index contributed by atoms with van der Waals surface area (Å²) in [5, 5.41) is 0. The Kier molecular flexibility index (Phi) is 9.70. The predicted octanol–water partition coefficient (Wildman–Crippen LogP) is 2.56. The number of likely N-dealkylation sites (N-methyl/N-ethyl adjacent to an activating group) is 1. The molecule has 2 N–H and O–H groups in total. The molecule has 0 aromatic rings. The van der Waals surface area contributed by atoms with Crippen molar-refractivity contribution < 1.29 is 0 Å². The van der Waals surface area contributed by atoms with Crippen LogP contribution in [0.2, 0.25) is 0 Å². The Morgan fingerprint density at radius 3 is 2.06 bits per heavy atom. The second-order valence-corrected chi connectivity index (χ2v) is 5.95. The van der Waals surface area contributed by atoms with Crippen molar-refractivity contribution in [1.82, 2.24) is 9.80 Å². The largest absolute Gasteiger partial charge is 0.329 e. The summed E-state index contributed by atoms with van der Waals surface area (Å²) in [7, 11) is 4.28. The van der Waals surface area contributed by atoms with E-state index in [0.717, 1.165) is 26.2 Å². The highest BCUT2D eigenvalue weighted by molar-refractivity contribution is 4.87. The number of hydrogen-bond acceptors (Lipinski definition) is 3. The molecule has 0 bridgehead atoms. The van der Waals surface area contributed by atoms with Crippen LogP contribution in [-0.2, 0) is 0 Å². The molecule has 110 valence electrons. The van der Waals surface area contributed by atoms with Gasteiger partial charge in [0.05, 0.1) is 0 Å². The Bertz CT molecular complexity index is 194. The number of nitrogens with zero attached hydrogens (tertiary/aromatic N) is 2. The van der Waals surface area contributed by atoms with Crippen LogP contribution < -0.4 is 5.73 Å². The number of unbranched alkanes of at least 4 members (excludes halogenated alkanes) is 2. The minimum atomic E-state index is 0.182. The molecule has 0 fully saturated rings. The van der Waals surface area contributed by atoms with Gasteiger partial charge in [0, 0.05) is 25.2 Å². The molecule has 0 rings (SSSR count). The molecule has 1 atom stereocenters. The Hall–Kier alpha value is -0.120.